The molecule has 0 atom stereocenters. The minimum Gasteiger partial charge on any atom is -0.453 e. The van der Waals surface area contributed by atoms with Gasteiger partial charge in [-0.2, -0.15) is 0 Å². The second kappa shape index (κ2) is 3.60. The van der Waals surface area contributed by atoms with Crippen molar-refractivity contribution in [2.45, 2.75) is 33.2 Å². The number of methoxy groups -OCH3 is 1. The van der Waals surface area contributed by atoms with E-state index < -0.39 is 0 Å². The van der Waals surface area contributed by atoms with Gasteiger partial charge in [0.2, 0.25) is 0 Å². The van der Waals surface area contributed by atoms with Crippen LogP contribution in [0.25, 0.3) is 0 Å². The minimum atomic E-state index is -0.264. The molecule has 0 saturated carbocycles. The lowest BCUT2D eigenvalue weighted by Crippen LogP contribution is -2.45. The van der Waals surface area contributed by atoms with Gasteiger partial charge in [-0.3, -0.25) is 0 Å². The molecule has 0 spiro atoms. The zero-order valence-electron chi connectivity index (χ0n) is 7.97. The molecule has 0 aliphatic carbocycles. The van der Waals surface area contributed by atoms with Crippen LogP contribution in [-0.4, -0.2) is 30.2 Å². The van der Waals surface area contributed by atoms with Gasteiger partial charge in [-0.15, -0.1) is 0 Å². The lowest BCUT2D eigenvalue weighted by atomic mass is 10.1. The Morgan fingerprint density at radius 2 is 1.91 bits per heavy atom. The van der Waals surface area contributed by atoms with E-state index in [0.29, 0.717) is 6.54 Å². The van der Waals surface area contributed by atoms with E-state index in [1.54, 1.807) is 4.90 Å². The molecule has 0 rings (SSSR count). The fourth-order valence-corrected chi connectivity index (χ4v) is 0.987. The van der Waals surface area contributed by atoms with Crippen LogP contribution in [0, 0.1) is 0 Å². The number of nitrogens with zero attached hydrogens (tertiary/aromatic N) is 1. The van der Waals surface area contributed by atoms with Crippen LogP contribution in [0.3, 0.4) is 0 Å². The van der Waals surface area contributed by atoms with Crippen LogP contribution in [-0.2, 0) is 4.74 Å². The van der Waals surface area contributed by atoms with Crippen LogP contribution in [0.2, 0.25) is 0 Å². The fraction of sp³-hybridized carbons (Fsp3) is 0.875. The normalized spacial score (nSPS) is 11.0. The summed E-state index contributed by atoms with van der Waals surface area (Å²) >= 11 is 0. The van der Waals surface area contributed by atoms with E-state index >= 15 is 0 Å². The standard InChI is InChI=1S/C8H17NO2/c1-6-9(7(10)11-5)8(2,3)4/h6H2,1-5H3. The molecule has 0 aromatic carbocycles. The second-order valence-corrected chi connectivity index (χ2v) is 3.39. The molecule has 0 radical (unpaired) electrons. The van der Waals surface area contributed by atoms with Gasteiger partial charge in [0, 0.05) is 12.1 Å². The smallest absolute Gasteiger partial charge is 0.409 e. The summed E-state index contributed by atoms with van der Waals surface area (Å²) in [7, 11) is 1.40. The molecule has 11 heavy (non-hydrogen) atoms. The average molecular weight is 159 g/mol. The second-order valence-electron chi connectivity index (χ2n) is 3.39. The molecule has 0 aliphatic rings. The third-order valence-electron chi connectivity index (χ3n) is 1.52. The van der Waals surface area contributed by atoms with Gasteiger partial charge >= 0.3 is 6.09 Å². The molecule has 0 bridgehead atoms. The van der Waals surface area contributed by atoms with Gasteiger partial charge in [-0.1, -0.05) is 0 Å². The van der Waals surface area contributed by atoms with E-state index in [1.807, 2.05) is 27.7 Å². The highest BCUT2D eigenvalue weighted by molar-refractivity contribution is 5.68. The van der Waals surface area contributed by atoms with E-state index in [9.17, 15) is 4.79 Å². The van der Waals surface area contributed by atoms with E-state index in [4.69, 9.17) is 0 Å². The van der Waals surface area contributed by atoms with Gasteiger partial charge in [0.05, 0.1) is 7.11 Å². The number of hydrogen-bond acceptors (Lipinski definition) is 2. The van der Waals surface area contributed by atoms with Crippen LogP contribution in [0.4, 0.5) is 4.79 Å². The maximum atomic E-state index is 11.1. The molecular formula is C8H17NO2. The van der Waals surface area contributed by atoms with Crippen molar-refractivity contribution in [2.75, 3.05) is 13.7 Å². The summed E-state index contributed by atoms with van der Waals surface area (Å²) in [6.07, 6.45) is -0.264. The Morgan fingerprint density at radius 3 is 2.00 bits per heavy atom. The predicted molar refractivity (Wildman–Crippen MR) is 44.5 cm³/mol. The molecule has 1 amide bonds. The third kappa shape index (κ3) is 2.78. The fourth-order valence-electron chi connectivity index (χ4n) is 0.987. The van der Waals surface area contributed by atoms with Crippen LogP contribution in [0.5, 0.6) is 0 Å². The third-order valence-corrected chi connectivity index (χ3v) is 1.52. The van der Waals surface area contributed by atoms with E-state index in [-0.39, 0.29) is 11.6 Å². The molecule has 66 valence electrons. The van der Waals surface area contributed by atoms with Gasteiger partial charge in [-0.05, 0) is 27.7 Å². The van der Waals surface area contributed by atoms with Crippen LogP contribution in [0.15, 0.2) is 0 Å². The van der Waals surface area contributed by atoms with Gasteiger partial charge < -0.3 is 9.64 Å². The van der Waals surface area contributed by atoms with Gasteiger partial charge in [0.15, 0.2) is 0 Å². The maximum Gasteiger partial charge on any atom is 0.409 e. The van der Waals surface area contributed by atoms with Gasteiger partial charge in [0.25, 0.3) is 0 Å². The molecular weight excluding hydrogens is 142 g/mol. The van der Waals surface area contributed by atoms with Crippen LogP contribution < -0.4 is 0 Å². The number of hydrogen-bond donors (Lipinski definition) is 0. The van der Waals surface area contributed by atoms with Crippen LogP contribution in [0.1, 0.15) is 27.7 Å². The van der Waals surface area contributed by atoms with E-state index in [0.717, 1.165) is 0 Å². The SMILES string of the molecule is CCN(C(=O)OC)C(C)(C)C. The van der Waals surface area contributed by atoms with Crippen molar-refractivity contribution in [1.82, 2.24) is 4.90 Å². The summed E-state index contributed by atoms with van der Waals surface area (Å²) < 4.78 is 4.62. The largest absolute Gasteiger partial charge is 0.453 e. The Labute approximate surface area is 68.3 Å². The van der Waals surface area contributed by atoms with Crippen molar-refractivity contribution in [3.05, 3.63) is 0 Å². The molecule has 0 aromatic heterocycles. The molecule has 0 N–H and O–H groups in total. The van der Waals surface area contributed by atoms with E-state index in [1.165, 1.54) is 7.11 Å². The topological polar surface area (TPSA) is 29.5 Å². The highest BCUT2D eigenvalue weighted by atomic mass is 16.5. The molecule has 0 heterocycles. The van der Waals surface area contributed by atoms with Crippen LogP contribution >= 0.6 is 0 Å². The molecule has 0 fully saturated rings. The Kier molecular flexibility index (Phi) is 3.36. The van der Waals surface area contributed by atoms with E-state index in [2.05, 4.69) is 4.74 Å². The summed E-state index contributed by atoms with van der Waals surface area (Å²) in [6, 6.07) is 0. The van der Waals surface area contributed by atoms with Crippen molar-refractivity contribution in [1.29, 1.82) is 0 Å². The Hall–Kier alpha value is -0.730. The number of amides is 1. The summed E-state index contributed by atoms with van der Waals surface area (Å²) in [4.78, 5) is 12.8. The first kappa shape index (κ1) is 10.3. The first-order valence-corrected chi connectivity index (χ1v) is 3.79. The molecule has 3 heteroatoms. The Morgan fingerprint density at radius 1 is 1.45 bits per heavy atom. The Balaban J connectivity index is 4.29. The lowest BCUT2D eigenvalue weighted by molar-refractivity contribution is 0.0871. The monoisotopic (exact) mass is 159 g/mol. The first-order valence-electron chi connectivity index (χ1n) is 3.79. The quantitative estimate of drug-likeness (QED) is 0.584. The lowest BCUT2D eigenvalue weighted by Gasteiger charge is -2.33. The van der Waals surface area contributed by atoms with Crippen molar-refractivity contribution in [3.8, 4) is 0 Å². The number of ether oxygens (including phenoxy) is 1. The highest BCUT2D eigenvalue weighted by Gasteiger charge is 2.24. The summed E-state index contributed by atoms with van der Waals surface area (Å²) in [5, 5.41) is 0. The summed E-state index contributed by atoms with van der Waals surface area (Å²) in [5.74, 6) is 0. The molecule has 3 nitrogen and oxygen atoms in total. The Bertz CT molecular complexity index is 138. The number of carbonyl (C=O) groups is 1. The molecule has 0 saturated heterocycles. The molecule has 0 aromatic rings. The first-order chi connectivity index (χ1) is 4.93. The summed E-state index contributed by atoms with van der Waals surface area (Å²) in [6.45, 7) is 8.55. The highest BCUT2D eigenvalue weighted by Crippen LogP contribution is 2.13. The zero-order valence-corrected chi connectivity index (χ0v) is 7.97. The van der Waals surface area contributed by atoms with Crippen molar-refractivity contribution in [2.24, 2.45) is 0 Å². The zero-order chi connectivity index (χ0) is 9.07. The molecule has 0 unspecified atom stereocenters. The summed E-state index contributed by atoms with van der Waals surface area (Å²) in [5.41, 5.74) is -0.151. The minimum absolute atomic E-state index is 0.151. The van der Waals surface area contributed by atoms with Crippen molar-refractivity contribution in [3.63, 3.8) is 0 Å². The molecule has 0 aliphatic heterocycles. The van der Waals surface area contributed by atoms with Gasteiger partial charge in [-0.25, -0.2) is 4.79 Å². The van der Waals surface area contributed by atoms with Gasteiger partial charge in [0.1, 0.15) is 0 Å². The average Bonchev–Trinajstić information content (AvgIpc) is 1.86. The van der Waals surface area contributed by atoms with Crippen molar-refractivity contribution < 1.29 is 9.53 Å². The van der Waals surface area contributed by atoms with Crippen molar-refractivity contribution >= 4 is 6.09 Å². The number of rotatable bonds is 1. The predicted octanol–water partition coefficient (Wildman–Crippen LogP) is 1.87. The number of carbonyl (C=O) groups excluding carboxylic acids is 1. The maximum absolute atomic E-state index is 11.1.